The number of thiophene rings is 1. The number of allylic oxidation sites excluding steroid dienone is 2. The molecule has 0 N–H and O–H groups in total. The Bertz CT molecular complexity index is 4730. The summed E-state index contributed by atoms with van der Waals surface area (Å²) in [6, 6.07) is 45.0. The molecule has 524 valence electrons. The average molecular weight is 1440 g/mol. The highest BCUT2D eigenvalue weighted by Gasteiger charge is 2.65. The summed E-state index contributed by atoms with van der Waals surface area (Å²) in [5.41, 5.74) is -7.18. The zero-order valence-corrected chi connectivity index (χ0v) is 54.1. The number of rotatable bonds is 26. The SMILES string of the molecule is CCN(CCOC(=O)c1cc(OCc2ccccc2)cc(OCc2ccccc2)c1)c1ccc(/C=C/c2cc(COC(=O)c3cc(OCc4c(F)c(F)c(F)c(F)c4F)cc(OCc4c(F)c(F)c(F)c(F)c4F)c3)c(/C=C/C3=C(C#N)C(=C(C#N)C#N)OC3(c3ccccc3)C(F)(F)F)s2)cc1. The first-order valence-electron chi connectivity index (χ1n) is 30.6. The van der Waals surface area contributed by atoms with Crippen LogP contribution in [-0.2, 0) is 52.8 Å². The van der Waals surface area contributed by atoms with Gasteiger partial charge in [-0.25, -0.2) is 53.5 Å². The van der Waals surface area contributed by atoms with Crippen LogP contribution in [0.3, 0.4) is 0 Å². The van der Waals surface area contributed by atoms with E-state index in [1.54, 1.807) is 60.7 Å². The van der Waals surface area contributed by atoms with E-state index in [4.69, 9.17) is 33.2 Å². The highest BCUT2D eigenvalue weighted by Crippen LogP contribution is 2.56. The molecule has 0 aliphatic carbocycles. The fourth-order valence-corrected chi connectivity index (χ4v) is 11.4. The summed E-state index contributed by atoms with van der Waals surface area (Å²) in [6.07, 6.45) is -0.222. The van der Waals surface area contributed by atoms with Crippen molar-refractivity contribution in [1.29, 1.82) is 15.8 Å². The van der Waals surface area contributed by atoms with Crippen LogP contribution in [0.1, 0.15) is 76.3 Å². The molecule has 27 heteroatoms. The van der Waals surface area contributed by atoms with E-state index in [-0.39, 0.29) is 42.4 Å². The van der Waals surface area contributed by atoms with E-state index in [1.165, 1.54) is 36.4 Å². The summed E-state index contributed by atoms with van der Waals surface area (Å²) in [5, 5.41) is 30.1. The lowest BCUT2D eigenvalue weighted by atomic mass is 9.84. The van der Waals surface area contributed by atoms with Gasteiger partial charge in [-0.3, -0.25) is 0 Å². The summed E-state index contributed by atoms with van der Waals surface area (Å²) >= 11 is 0.899. The van der Waals surface area contributed by atoms with Crippen LogP contribution in [0.5, 0.6) is 23.0 Å². The third-order valence-electron chi connectivity index (χ3n) is 15.7. The van der Waals surface area contributed by atoms with Crippen LogP contribution in [0.15, 0.2) is 186 Å². The summed E-state index contributed by atoms with van der Waals surface area (Å²) in [5.74, 6) is -27.4. The van der Waals surface area contributed by atoms with Crippen molar-refractivity contribution in [3.05, 3.63) is 304 Å². The Morgan fingerprint density at radius 2 is 0.971 bits per heavy atom. The Labute approximate surface area is 582 Å². The second kappa shape index (κ2) is 32.4. The van der Waals surface area contributed by atoms with E-state index < -0.39 is 158 Å². The Hall–Kier alpha value is -12.3. The molecule has 1 aliphatic heterocycles. The molecule has 8 aromatic carbocycles. The molecule has 0 saturated carbocycles. The molecular formula is C76H49F13N4O9S. The van der Waals surface area contributed by atoms with Crippen molar-refractivity contribution in [2.45, 2.75) is 51.7 Å². The zero-order chi connectivity index (χ0) is 73.7. The molecular weight excluding hydrogens is 1390 g/mol. The number of nitrogens with zero attached hydrogens (tertiary/aromatic N) is 4. The summed E-state index contributed by atoms with van der Waals surface area (Å²) in [7, 11) is 0. The third kappa shape index (κ3) is 16.5. The molecule has 10 rings (SSSR count). The highest BCUT2D eigenvalue weighted by molar-refractivity contribution is 7.14. The maximum atomic E-state index is 15.9. The number of ether oxygens (including phenoxy) is 7. The second-order valence-corrected chi connectivity index (χ2v) is 23.3. The molecule has 0 spiro atoms. The van der Waals surface area contributed by atoms with E-state index in [2.05, 4.69) is 0 Å². The Morgan fingerprint density at radius 1 is 0.524 bits per heavy atom. The first-order valence-corrected chi connectivity index (χ1v) is 31.4. The number of carbonyl (C=O) groups is 2. The molecule has 0 radical (unpaired) electrons. The van der Waals surface area contributed by atoms with Gasteiger partial charge in [-0.05, 0) is 78.2 Å². The van der Waals surface area contributed by atoms with Gasteiger partial charge in [0.1, 0.15) is 86.4 Å². The molecule has 1 aromatic heterocycles. The minimum absolute atomic E-state index is 0.0205. The van der Waals surface area contributed by atoms with Crippen LogP contribution in [-0.4, -0.2) is 37.8 Å². The van der Waals surface area contributed by atoms with Gasteiger partial charge in [0, 0.05) is 50.8 Å². The number of carbonyl (C=O) groups excluding carboxylic acids is 2. The smallest absolute Gasteiger partial charge is 0.437 e. The molecule has 0 fully saturated rings. The topological polar surface area (TPSA) is 173 Å². The lowest BCUT2D eigenvalue weighted by Gasteiger charge is -2.33. The van der Waals surface area contributed by atoms with Gasteiger partial charge in [-0.1, -0.05) is 115 Å². The molecule has 0 amide bonds. The number of halogens is 13. The third-order valence-corrected chi connectivity index (χ3v) is 16.8. The monoisotopic (exact) mass is 1440 g/mol. The molecule has 0 bridgehead atoms. The normalized spacial score (nSPS) is 13.5. The predicted molar refractivity (Wildman–Crippen MR) is 348 cm³/mol. The van der Waals surface area contributed by atoms with Crippen molar-refractivity contribution in [1.82, 2.24) is 0 Å². The van der Waals surface area contributed by atoms with E-state index in [0.29, 0.717) is 28.5 Å². The second-order valence-electron chi connectivity index (χ2n) is 22.2. The molecule has 13 nitrogen and oxygen atoms in total. The van der Waals surface area contributed by atoms with Gasteiger partial charge in [0.25, 0.3) is 5.60 Å². The van der Waals surface area contributed by atoms with Gasteiger partial charge >= 0.3 is 18.1 Å². The number of esters is 2. The van der Waals surface area contributed by atoms with Crippen molar-refractivity contribution in [2.24, 2.45) is 0 Å². The summed E-state index contributed by atoms with van der Waals surface area (Å²) in [6.45, 7) is -0.703. The summed E-state index contributed by atoms with van der Waals surface area (Å²) in [4.78, 5) is 30.1. The standard InChI is InChI=1S/C76H49F13N4O9S/c1-2-93(26-27-96-73(94)46-28-52(97-38-44-12-6-3-7-13-44)33-53(29-46)98-39-45-14-8-4-9-15-45)51-21-18-43(19-22-51)20-23-56-32-48(61(103-56)25-24-60-57(37-92)72(49(35-90)36-91)102-75(60,76(87,88)89)50-16-10-5-11-17-50)40-101-74(95)47-30-54(99-41-58-62(77)66(81)70(85)67(82)63(58)78)34-55(31-47)100-42-59-64(79)68(83)71(86)69(84)65(59)80/h3-25,28-34H,2,26-27,38-42H2,1H3/b23-20+,25-24+. The van der Waals surface area contributed by atoms with Gasteiger partial charge < -0.3 is 38.1 Å². The minimum atomic E-state index is -5.41. The molecule has 2 heterocycles. The Kier molecular flexibility index (Phi) is 23.1. The van der Waals surface area contributed by atoms with Crippen LogP contribution in [0.25, 0.3) is 18.2 Å². The molecule has 1 aliphatic rings. The van der Waals surface area contributed by atoms with Crippen molar-refractivity contribution >= 4 is 47.2 Å². The van der Waals surface area contributed by atoms with Gasteiger partial charge in [-0.2, -0.15) is 29.0 Å². The molecule has 9 aromatic rings. The Balaban J connectivity index is 0.931. The average Bonchev–Trinajstić information content (AvgIpc) is 1.61. The number of nitriles is 3. The van der Waals surface area contributed by atoms with Crippen LogP contribution >= 0.6 is 11.3 Å². The van der Waals surface area contributed by atoms with Gasteiger partial charge in [0.05, 0.1) is 28.8 Å². The number of benzene rings is 8. The van der Waals surface area contributed by atoms with E-state index in [1.807, 2.05) is 72.5 Å². The predicted octanol–water partition coefficient (Wildman–Crippen LogP) is 18.3. The quantitative estimate of drug-likeness (QED) is 0.0165. The van der Waals surface area contributed by atoms with Crippen molar-refractivity contribution < 1.29 is 99.8 Å². The highest BCUT2D eigenvalue weighted by atomic mass is 32.1. The van der Waals surface area contributed by atoms with Gasteiger partial charge in [0.2, 0.25) is 11.6 Å². The fourth-order valence-electron chi connectivity index (χ4n) is 10.5. The van der Waals surface area contributed by atoms with Crippen molar-refractivity contribution in [2.75, 3.05) is 24.6 Å². The van der Waals surface area contributed by atoms with Crippen LogP contribution < -0.4 is 23.8 Å². The van der Waals surface area contributed by atoms with E-state index in [0.717, 1.165) is 70.6 Å². The maximum absolute atomic E-state index is 15.9. The van der Waals surface area contributed by atoms with Crippen LogP contribution in [0.4, 0.5) is 62.8 Å². The van der Waals surface area contributed by atoms with E-state index in [9.17, 15) is 69.3 Å². The molecule has 1 atom stereocenters. The van der Waals surface area contributed by atoms with Crippen molar-refractivity contribution in [3.8, 4) is 41.2 Å². The van der Waals surface area contributed by atoms with Gasteiger partial charge in [-0.15, -0.1) is 11.3 Å². The van der Waals surface area contributed by atoms with Crippen molar-refractivity contribution in [3.63, 3.8) is 0 Å². The van der Waals surface area contributed by atoms with Gasteiger partial charge in [0.15, 0.2) is 57.9 Å². The lowest BCUT2D eigenvalue weighted by Crippen LogP contribution is -2.43. The number of likely N-dealkylation sites (N-methyl/N-ethyl adjacent to an activating group) is 1. The number of alkyl halides is 3. The van der Waals surface area contributed by atoms with Crippen LogP contribution in [0, 0.1) is 92.2 Å². The molecule has 103 heavy (non-hydrogen) atoms. The largest absolute Gasteiger partial charge is 0.489 e. The van der Waals surface area contributed by atoms with Crippen LogP contribution in [0.2, 0.25) is 0 Å². The lowest BCUT2D eigenvalue weighted by molar-refractivity contribution is -0.249. The number of hydrogen-bond acceptors (Lipinski definition) is 14. The first-order chi connectivity index (χ1) is 49.5. The molecule has 1 unspecified atom stereocenters. The minimum Gasteiger partial charge on any atom is -0.489 e. The fraction of sp³-hybridized carbons (Fsp3) is 0.145. The number of hydrogen-bond donors (Lipinski definition) is 0. The maximum Gasteiger partial charge on any atom is 0.437 e. The number of anilines is 1. The first kappa shape index (κ1) is 73.4. The summed E-state index contributed by atoms with van der Waals surface area (Å²) < 4.78 is 231. The molecule has 0 saturated heterocycles. The zero-order valence-electron chi connectivity index (χ0n) is 53.3. The Morgan fingerprint density at radius 3 is 1.42 bits per heavy atom. The van der Waals surface area contributed by atoms with E-state index >= 15 is 13.2 Å².